The van der Waals surface area contributed by atoms with Crippen LogP contribution in [-0.2, 0) is 26.0 Å². The molecule has 1 saturated heterocycles. The molecule has 1 heterocycles. The first-order chi connectivity index (χ1) is 14.4. The van der Waals surface area contributed by atoms with Crippen molar-refractivity contribution in [2.45, 2.75) is 37.5 Å². The zero-order chi connectivity index (χ0) is 21.6. The van der Waals surface area contributed by atoms with Crippen LogP contribution in [0, 0.1) is 6.92 Å². The normalized spacial score (nSPS) is 14.8. The summed E-state index contributed by atoms with van der Waals surface area (Å²) in [7, 11) is -3.45. The van der Waals surface area contributed by atoms with Crippen LogP contribution in [0.25, 0.3) is 0 Å². The van der Waals surface area contributed by atoms with Gasteiger partial charge in [-0.2, -0.15) is 4.31 Å². The molecule has 0 saturated carbocycles. The van der Waals surface area contributed by atoms with Gasteiger partial charge in [0.2, 0.25) is 10.0 Å². The molecule has 0 unspecified atom stereocenters. The molecule has 0 bridgehead atoms. The van der Waals surface area contributed by atoms with Gasteiger partial charge in [-0.15, -0.1) is 0 Å². The van der Waals surface area contributed by atoms with E-state index in [0.717, 1.165) is 30.4 Å². The average molecular weight is 430 g/mol. The van der Waals surface area contributed by atoms with Crippen molar-refractivity contribution in [1.29, 1.82) is 0 Å². The first-order valence-electron chi connectivity index (χ1n) is 10.1. The number of carbonyl (C=O) groups excluding carboxylic acids is 2. The third-order valence-corrected chi connectivity index (χ3v) is 7.00. The quantitative estimate of drug-likeness (QED) is 0.690. The van der Waals surface area contributed by atoms with Crippen molar-refractivity contribution < 1.29 is 18.0 Å². The monoisotopic (exact) mass is 429 g/mol. The van der Waals surface area contributed by atoms with Gasteiger partial charge in [0, 0.05) is 25.3 Å². The van der Waals surface area contributed by atoms with E-state index in [4.69, 9.17) is 0 Å². The second kappa shape index (κ2) is 9.86. The van der Waals surface area contributed by atoms with Crippen LogP contribution in [0.15, 0.2) is 53.4 Å². The lowest BCUT2D eigenvalue weighted by atomic mass is 10.1. The lowest BCUT2D eigenvalue weighted by molar-refractivity contribution is -0.136. The van der Waals surface area contributed by atoms with Crippen molar-refractivity contribution in [3.63, 3.8) is 0 Å². The molecule has 7 nitrogen and oxygen atoms in total. The summed E-state index contributed by atoms with van der Waals surface area (Å²) in [6.45, 7) is 3.36. The van der Waals surface area contributed by atoms with E-state index in [9.17, 15) is 18.0 Å². The molecule has 30 heavy (non-hydrogen) atoms. The zero-order valence-electron chi connectivity index (χ0n) is 17.1. The van der Waals surface area contributed by atoms with Crippen molar-refractivity contribution in [2.75, 3.05) is 25.0 Å². The molecule has 1 aliphatic heterocycles. The summed E-state index contributed by atoms with van der Waals surface area (Å²) in [5.74, 6) is -1.43. The Bertz CT molecular complexity index is 980. The van der Waals surface area contributed by atoms with Crippen LogP contribution in [0.5, 0.6) is 0 Å². The van der Waals surface area contributed by atoms with Gasteiger partial charge in [-0.3, -0.25) is 9.59 Å². The van der Waals surface area contributed by atoms with Crippen LogP contribution in [0.4, 0.5) is 5.69 Å². The number of hydrogen-bond acceptors (Lipinski definition) is 4. The Labute approximate surface area is 177 Å². The molecule has 1 aliphatic rings. The Hall–Kier alpha value is -2.71. The highest BCUT2D eigenvalue weighted by molar-refractivity contribution is 7.89. The Morgan fingerprint density at radius 1 is 0.900 bits per heavy atom. The summed E-state index contributed by atoms with van der Waals surface area (Å²) in [6, 6.07) is 13.9. The van der Waals surface area contributed by atoms with Gasteiger partial charge in [-0.1, -0.05) is 36.2 Å². The van der Waals surface area contributed by atoms with E-state index in [1.54, 1.807) is 40.7 Å². The molecule has 8 heteroatoms. The zero-order valence-corrected chi connectivity index (χ0v) is 17.9. The molecule has 2 aromatic carbocycles. The molecule has 3 rings (SSSR count). The number of sulfonamides is 1. The topological polar surface area (TPSA) is 95.6 Å². The Morgan fingerprint density at radius 2 is 1.53 bits per heavy atom. The highest BCUT2D eigenvalue weighted by atomic mass is 32.2. The Balaban J connectivity index is 1.48. The number of carbonyl (C=O) groups is 2. The van der Waals surface area contributed by atoms with Crippen molar-refractivity contribution in [1.82, 2.24) is 9.62 Å². The highest BCUT2D eigenvalue weighted by Crippen LogP contribution is 2.20. The minimum atomic E-state index is -3.45. The van der Waals surface area contributed by atoms with Crippen LogP contribution in [0.3, 0.4) is 0 Å². The van der Waals surface area contributed by atoms with Gasteiger partial charge in [0.25, 0.3) is 0 Å². The van der Waals surface area contributed by atoms with Crippen LogP contribution >= 0.6 is 0 Å². The fourth-order valence-corrected chi connectivity index (χ4v) is 4.82. The van der Waals surface area contributed by atoms with E-state index in [1.807, 2.05) is 19.1 Å². The lowest BCUT2D eigenvalue weighted by Gasteiger charge is -2.25. The first kappa shape index (κ1) is 22.0. The second-order valence-corrected chi connectivity index (χ2v) is 9.37. The van der Waals surface area contributed by atoms with Gasteiger partial charge in [-0.05, 0) is 56.0 Å². The maximum absolute atomic E-state index is 12.7. The number of benzene rings is 2. The van der Waals surface area contributed by atoms with Gasteiger partial charge < -0.3 is 10.6 Å². The Kier molecular flexibility index (Phi) is 7.23. The number of anilines is 1. The molecule has 2 aromatic rings. The number of rotatable bonds is 6. The smallest absolute Gasteiger partial charge is 0.313 e. The summed E-state index contributed by atoms with van der Waals surface area (Å²) in [5.41, 5.74) is 2.50. The van der Waals surface area contributed by atoms with Crippen molar-refractivity contribution in [3.05, 3.63) is 59.7 Å². The van der Waals surface area contributed by atoms with Gasteiger partial charge in [0.05, 0.1) is 4.90 Å². The van der Waals surface area contributed by atoms with Gasteiger partial charge in [0.1, 0.15) is 0 Å². The maximum atomic E-state index is 12.7. The summed E-state index contributed by atoms with van der Waals surface area (Å²) >= 11 is 0. The maximum Gasteiger partial charge on any atom is 0.313 e. The summed E-state index contributed by atoms with van der Waals surface area (Å²) in [5, 5.41) is 5.13. The summed E-state index contributed by atoms with van der Waals surface area (Å²) in [4.78, 5) is 24.2. The van der Waals surface area contributed by atoms with E-state index in [2.05, 4.69) is 10.6 Å². The number of piperidine rings is 1. The predicted molar refractivity (Wildman–Crippen MR) is 116 cm³/mol. The standard InChI is InChI=1S/C22H27N3O4S/c1-17-5-9-19(10-6-17)24-22(27)21(26)23-14-13-18-7-11-20(12-8-18)30(28,29)25-15-3-2-4-16-25/h5-12H,2-4,13-16H2,1H3,(H,23,26)(H,24,27). The van der Waals surface area contributed by atoms with Crippen LogP contribution in [0.1, 0.15) is 30.4 Å². The number of aryl methyl sites for hydroxylation is 1. The number of amides is 2. The summed E-state index contributed by atoms with van der Waals surface area (Å²) in [6.07, 6.45) is 3.36. The Morgan fingerprint density at radius 3 is 2.17 bits per heavy atom. The third kappa shape index (κ3) is 5.67. The van der Waals surface area contributed by atoms with Gasteiger partial charge in [-0.25, -0.2) is 8.42 Å². The van der Waals surface area contributed by atoms with Crippen molar-refractivity contribution in [2.24, 2.45) is 0 Å². The molecule has 2 amide bonds. The van der Waals surface area contributed by atoms with Crippen LogP contribution < -0.4 is 10.6 Å². The largest absolute Gasteiger partial charge is 0.347 e. The van der Waals surface area contributed by atoms with E-state index in [1.165, 1.54) is 0 Å². The minimum Gasteiger partial charge on any atom is -0.347 e. The first-order valence-corrected chi connectivity index (χ1v) is 11.6. The molecule has 0 atom stereocenters. The lowest BCUT2D eigenvalue weighted by Crippen LogP contribution is -2.36. The highest BCUT2D eigenvalue weighted by Gasteiger charge is 2.25. The molecular formula is C22H27N3O4S. The second-order valence-electron chi connectivity index (χ2n) is 7.43. The molecule has 160 valence electrons. The molecule has 0 aromatic heterocycles. The van der Waals surface area contributed by atoms with Gasteiger partial charge >= 0.3 is 11.8 Å². The van der Waals surface area contributed by atoms with Crippen LogP contribution in [0.2, 0.25) is 0 Å². The number of nitrogens with one attached hydrogen (secondary N) is 2. The molecule has 0 spiro atoms. The summed E-state index contributed by atoms with van der Waals surface area (Å²) < 4.78 is 26.9. The van der Waals surface area contributed by atoms with E-state index in [0.29, 0.717) is 25.2 Å². The average Bonchev–Trinajstić information content (AvgIpc) is 2.76. The van der Waals surface area contributed by atoms with Crippen molar-refractivity contribution in [3.8, 4) is 0 Å². The van der Waals surface area contributed by atoms with Crippen LogP contribution in [-0.4, -0.2) is 44.2 Å². The van der Waals surface area contributed by atoms with Crippen molar-refractivity contribution >= 4 is 27.5 Å². The number of nitrogens with zero attached hydrogens (tertiary/aromatic N) is 1. The van der Waals surface area contributed by atoms with Gasteiger partial charge in [0.15, 0.2) is 0 Å². The van der Waals surface area contributed by atoms with E-state index < -0.39 is 21.8 Å². The minimum absolute atomic E-state index is 0.276. The number of hydrogen-bond donors (Lipinski definition) is 2. The molecular weight excluding hydrogens is 402 g/mol. The predicted octanol–water partition coefficient (Wildman–Crippen LogP) is 2.47. The molecule has 1 fully saturated rings. The van der Waals surface area contributed by atoms with E-state index >= 15 is 0 Å². The van der Waals surface area contributed by atoms with E-state index in [-0.39, 0.29) is 11.4 Å². The third-order valence-electron chi connectivity index (χ3n) is 5.09. The fourth-order valence-electron chi connectivity index (χ4n) is 3.31. The molecule has 2 N–H and O–H groups in total. The molecule has 0 aliphatic carbocycles. The SMILES string of the molecule is Cc1ccc(NC(=O)C(=O)NCCc2ccc(S(=O)(=O)N3CCCCC3)cc2)cc1. The molecule has 0 radical (unpaired) electrons. The fraction of sp³-hybridized carbons (Fsp3) is 0.364.